The fraction of sp³-hybridized carbons (Fsp3) is 0.304. The van der Waals surface area contributed by atoms with Gasteiger partial charge < -0.3 is 16.4 Å². The summed E-state index contributed by atoms with van der Waals surface area (Å²) in [6.07, 6.45) is 4.18. The normalized spacial score (nSPS) is 13.2. The molecule has 3 rings (SSSR count). The zero-order valence-electron chi connectivity index (χ0n) is 16.6. The highest BCUT2D eigenvalue weighted by atomic mass is 16.2. The Morgan fingerprint density at radius 2 is 1.64 bits per heavy atom. The summed E-state index contributed by atoms with van der Waals surface area (Å²) in [5.74, 6) is 0.512. The van der Waals surface area contributed by atoms with Gasteiger partial charge in [0.05, 0.1) is 5.69 Å². The van der Waals surface area contributed by atoms with Gasteiger partial charge in [-0.3, -0.25) is 4.79 Å². The van der Waals surface area contributed by atoms with E-state index in [9.17, 15) is 4.79 Å². The fourth-order valence-electron chi connectivity index (χ4n) is 3.44. The van der Waals surface area contributed by atoms with E-state index in [0.29, 0.717) is 17.8 Å². The molecule has 0 unspecified atom stereocenters. The third kappa shape index (κ3) is 4.42. The van der Waals surface area contributed by atoms with Gasteiger partial charge in [-0.15, -0.1) is 0 Å². The molecule has 0 saturated carbocycles. The van der Waals surface area contributed by atoms with Crippen LogP contribution in [0.3, 0.4) is 0 Å². The number of nitrogens with zero attached hydrogens (tertiary/aromatic N) is 2. The molecule has 0 aliphatic carbocycles. The van der Waals surface area contributed by atoms with Crippen molar-refractivity contribution in [2.24, 2.45) is 10.7 Å². The summed E-state index contributed by atoms with van der Waals surface area (Å²) >= 11 is 0. The molecule has 0 radical (unpaired) electrons. The molecule has 1 heterocycles. The van der Waals surface area contributed by atoms with Crippen LogP contribution in [-0.4, -0.2) is 29.7 Å². The van der Waals surface area contributed by atoms with Crippen LogP contribution in [0.1, 0.15) is 38.7 Å². The van der Waals surface area contributed by atoms with Crippen molar-refractivity contribution in [3.05, 3.63) is 53.6 Å². The second-order valence-corrected chi connectivity index (χ2v) is 7.14. The van der Waals surface area contributed by atoms with Gasteiger partial charge in [0.1, 0.15) is 5.84 Å². The molecule has 0 fully saturated rings. The zero-order chi connectivity index (χ0) is 20.1. The molecule has 0 aromatic heterocycles. The number of nitrogens with two attached hydrogens (primary N) is 2. The van der Waals surface area contributed by atoms with Gasteiger partial charge in [0.2, 0.25) is 5.91 Å². The van der Waals surface area contributed by atoms with E-state index in [1.807, 2.05) is 53.4 Å². The average molecular weight is 377 g/mol. The van der Waals surface area contributed by atoms with E-state index in [0.717, 1.165) is 54.0 Å². The molecule has 1 aliphatic heterocycles. The first-order valence-corrected chi connectivity index (χ1v) is 9.84. The highest BCUT2D eigenvalue weighted by molar-refractivity contribution is 6.05. The lowest BCUT2D eigenvalue weighted by Gasteiger charge is -2.22. The highest BCUT2D eigenvalue weighted by Crippen LogP contribution is 2.32. The van der Waals surface area contributed by atoms with Crippen LogP contribution in [0.2, 0.25) is 0 Å². The predicted octanol–water partition coefficient (Wildman–Crippen LogP) is 4.36. The Labute approximate surface area is 166 Å². The summed E-state index contributed by atoms with van der Waals surface area (Å²) in [5, 5.41) is 0. The molecule has 0 atom stereocenters. The molecule has 146 valence electrons. The van der Waals surface area contributed by atoms with Crippen LogP contribution in [0.15, 0.2) is 53.0 Å². The Hall–Kier alpha value is -3.08. The Kier molecular flexibility index (Phi) is 6.14. The number of hydrogen-bond donors (Lipinski definition) is 2. The number of fused-ring (bicyclic) bond motifs is 1. The predicted molar refractivity (Wildman–Crippen MR) is 117 cm³/mol. The summed E-state index contributed by atoms with van der Waals surface area (Å²) in [4.78, 5) is 19.5. The molecule has 0 bridgehead atoms. The zero-order valence-corrected chi connectivity index (χ0v) is 16.6. The van der Waals surface area contributed by atoms with Gasteiger partial charge in [-0.2, -0.15) is 0 Å². The summed E-state index contributed by atoms with van der Waals surface area (Å²) in [7, 11) is 0. The van der Waals surface area contributed by atoms with Crippen LogP contribution < -0.4 is 11.5 Å². The van der Waals surface area contributed by atoms with Crippen LogP contribution in [0.5, 0.6) is 0 Å². The molecule has 2 aromatic carbocycles. The number of hydrogen-bond acceptors (Lipinski definition) is 4. The van der Waals surface area contributed by atoms with Crippen molar-refractivity contribution < 1.29 is 4.79 Å². The largest absolute Gasteiger partial charge is 0.399 e. The first-order valence-electron chi connectivity index (χ1n) is 9.84. The van der Waals surface area contributed by atoms with Crippen molar-refractivity contribution in [3.63, 3.8) is 0 Å². The van der Waals surface area contributed by atoms with E-state index in [4.69, 9.17) is 11.5 Å². The number of carbonyl (C=O) groups excluding carboxylic acids is 1. The highest BCUT2D eigenvalue weighted by Gasteiger charge is 2.21. The first kappa shape index (κ1) is 19.7. The van der Waals surface area contributed by atoms with E-state index in [-0.39, 0.29) is 5.91 Å². The maximum absolute atomic E-state index is 13.0. The Morgan fingerprint density at radius 1 is 1.00 bits per heavy atom. The van der Waals surface area contributed by atoms with Crippen LogP contribution in [-0.2, 0) is 4.79 Å². The number of amides is 1. The molecule has 2 aromatic rings. The van der Waals surface area contributed by atoms with Gasteiger partial charge >= 0.3 is 0 Å². The van der Waals surface area contributed by atoms with Crippen molar-refractivity contribution in [2.75, 3.05) is 18.8 Å². The van der Waals surface area contributed by atoms with Crippen LogP contribution >= 0.6 is 0 Å². The standard InChI is InChI=1S/C23H28N4O/c1-3-11-27(12-4-2)23(28)19-13-18-6-5-17(14-21(18)26-22(25)15-19)16-7-9-20(24)10-8-16/h5-10,13-14H,3-4,11-12,15,24H2,1-2H3,(H2,25,26). The lowest BCUT2D eigenvalue weighted by atomic mass is 10.0. The summed E-state index contributed by atoms with van der Waals surface area (Å²) in [6.45, 7) is 5.68. The van der Waals surface area contributed by atoms with E-state index >= 15 is 0 Å². The average Bonchev–Trinajstić information content (AvgIpc) is 2.85. The van der Waals surface area contributed by atoms with Gasteiger partial charge in [0.25, 0.3) is 0 Å². The Morgan fingerprint density at radius 3 is 2.29 bits per heavy atom. The van der Waals surface area contributed by atoms with Gasteiger partial charge in [0, 0.05) is 36.3 Å². The maximum Gasteiger partial charge on any atom is 0.250 e. The van der Waals surface area contributed by atoms with Crippen LogP contribution in [0, 0.1) is 0 Å². The van der Waals surface area contributed by atoms with E-state index in [2.05, 4.69) is 18.8 Å². The Bertz CT molecular complexity index is 907. The summed E-state index contributed by atoms with van der Waals surface area (Å²) in [6, 6.07) is 13.8. The molecule has 1 aliphatic rings. The third-order valence-corrected chi connectivity index (χ3v) is 4.79. The van der Waals surface area contributed by atoms with E-state index in [1.165, 1.54) is 0 Å². The van der Waals surface area contributed by atoms with Crippen molar-refractivity contribution in [1.82, 2.24) is 4.90 Å². The van der Waals surface area contributed by atoms with Crippen molar-refractivity contribution in [1.29, 1.82) is 0 Å². The van der Waals surface area contributed by atoms with Crippen molar-refractivity contribution in [3.8, 4) is 11.1 Å². The second-order valence-electron chi connectivity index (χ2n) is 7.14. The minimum absolute atomic E-state index is 0.0531. The first-order chi connectivity index (χ1) is 13.5. The van der Waals surface area contributed by atoms with E-state index < -0.39 is 0 Å². The topological polar surface area (TPSA) is 84.7 Å². The fourth-order valence-corrected chi connectivity index (χ4v) is 3.44. The number of benzene rings is 2. The molecular weight excluding hydrogens is 348 g/mol. The molecule has 5 nitrogen and oxygen atoms in total. The smallest absolute Gasteiger partial charge is 0.250 e. The van der Waals surface area contributed by atoms with Crippen LogP contribution in [0.25, 0.3) is 17.2 Å². The molecular formula is C23H28N4O. The quantitative estimate of drug-likeness (QED) is 0.735. The molecule has 4 N–H and O–H groups in total. The minimum Gasteiger partial charge on any atom is -0.399 e. The third-order valence-electron chi connectivity index (χ3n) is 4.79. The number of rotatable bonds is 6. The van der Waals surface area contributed by atoms with Gasteiger partial charge in [-0.25, -0.2) is 4.99 Å². The number of nitrogen functional groups attached to an aromatic ring is 1. The number of anilines is 1. The van der Waals surface area contributed by atoms with Gasteiger partial charge in [-0.05, 0) is 48.2 Å². The monoisotopic (exact) mass is 376 g/mol. The van der Waals surface area contributed by atoms with Gasteiger partial charge in [0.15, 0.2) is 0 Å². The Balaban J connectivity index is 1.96. The molecule has 5 heteroatoms. The lowest BCUT2D eigenvalue weighted by molar-refractivity contribution is -0.127. The molecule has 1 amide bonds. The van der Waals surface area contributed by atoms with E-state index in [1.54, 1.807) is 0 Å². The molecule has 28 heavy (non-hydrogen) atoms. The number of carbonyl (C=O) groups is 1. The van der Waals surface area contributed by atoms with Crippen molar-refractivity contribution >= 4 is 29.2 Å². The van der Waals surface area contributed by atoms with Crippen LogP contribution in [0.4, 0.5) is 11.4 Å². The summed E-state index contributed by atoms with van der Waals surface area (Å²) < 4.78 is 0. The second kappa shape index (κ2) is 8.74. The molecule has 0 saturated heterocycles. The summed E-state index contributed by atoms with van der Waals surface area (Å²) in [5.41, 5.74) is 17.2. The molecule has 0 spiro atoms. The lowest BCUT2D eigenvalue weighted by Crippen LogP contribution is -2.34. The number of aliphatic imine (C=N–C) groups is 1. The number of amidine groups is 1. The van der Waals surface area contributed by atoms with Gasteiger partial charge in [-0.1, -0.05) is 38.1 Å². The van der Waals surface area contributed by atoms with Crippen molar-refractivity contribution in [2.45, 2.75) is 33.1 Å². The minimum atomic E-state index is 0.0531. The maximum atomic E-state index is 13.0. The SMILES string of the molecule is CCCN(CCC)C(=O)C1=Cc2ccc(-c3ccc(N)cc3)cc2N=C(N)C1.